The number of aromatic nitrogens is 2. The summed E-state index contributed by atoms with van der Waals surface area (Å²) in [4.78, 5) is 19.9. The molecule has 3 rings (SSSR count). The van der Waals surface area contributed by atoms with Crippen molar-refractivity contribution < 1.29 is 4.79 Å². The van der Waals surface area contributed by atoms with Crippen molar-refractivity contribution in [2.24, 2.45) is 5.92 Å². The molecule has 0 saturated heterocycles. The second-order valence-corrected chi connectivity index (χ2v) is 7.71. The number of carbonyl (C=O) groups is 1. The van der Waals surface area contributed by atoms with Crippen LogP contribution in [0.2, 0.25) is 0 Å². The molecule has 1 heterocycles. The third kappa shape index (κ3) is 4.50. The predicted octanol–water partition coefficient (Wildman–Crippen LogP) is 4.05. The van der Waals surface area contributed by atoms with Crippen LogP contribution in [0, 0.1) is 5.92 Å². The van der Waals surface area contributed by atoms with Gasteiger partial charge in [-0.25, -0.2) is 4.98 Å². The molecule has 0 aliphatic heterocycles. The number of imidazole rings is 1. The third-order valence-electron chi connectivity index (χ3n) is 4.61. The molecular formula is C18H25N3OS. The van der Waals surface area contributed by atoms with Crippen molar-refractivity contribution >= 4 is 28.7 Å². The summed E-state index contributed by atoms with van der Waals surface area (Å²) in [5.41, 5.74) is 2.03. The molecule has 1 atom stereocenters. The third-order valence-corrected chi connectivity index (χ3v) is 5.76. The summed E-state index contributed by atoms with van der Waals surface area (Å²) in [6.45, 7) is 2.91. The molecule has 0 radical (unpaired) electrons. The minimum atomic E-state index is 0.135. The first-order valence-corrected chi connectivity index (χ1v) is 9.60. The average Bonchev–Trinajstić information content (AvgIpc) is 3.21. The second-order valence-electron chi connectivity index (χ2n) is 6.38. The van der Waals surface area contributed by atoms with Crippen LogP contribution in [0.15, 0.2) is 24.3 Å². The van der Waals surface area contributed by atoms with Crippen molar-refractivity contribution in [3.63, 3.8) is 0 Å². The van der Waals surface area contributed by atoms with E-state index in [4.69, 9.17) is 0 Å². The number of benzene rings is 1. The first kappa shape index (κ1) is 16.4. The quantitative estimate of drug-likeness (QED) is 0.804. The number of carbonyl (C=O) groups excluding carboxylic acids is 1. The van der Waals surface area contributed by atoms with Gasteiger partial charge < -0.3 is 10.3 Å². The van der Waals surface area contributed by atoms with Crippen LogP contribution >= 0.6 is 11.8 Å². The number of H-pyrrole nitrogens is 1. The number of para-hydroxylation sites is 2. The Morgan fingerprint density at radius 2 is 2.17 bits per heavy atom. The number of thioether (sulfide) groups is 1. The molecule has 124 valence electrons. The zero-order valence-electron chi connectivity index (χ0n) is 13.7. The molecule has 2 aromatic rings. The van der Waals surface area contributed by atoms with Crippen LogP contribution in [0.4, 0.5) is 0 Å². The zero-order valence-corrected chi connectivity index (χ0v) is 14.5. The highest BCUT2D eigenvalue weighted by molar-refractivity contribution is 8.00. The summed E-state index contributed by atoms with van der Waals surface area (Å²) < 4.78 is 0. The molecular weight excluding hydrogens is 306 g/mol. The lowest BCUT2D eigenvalue weighted by Gasteiger charge is -2.11. The minimum absolute atomic E-state index is 0.135. The molecule has 4 nitrogen and oxygen atoms in total. The number of rotatable bonds is 7. The predicted molar refractivity (Wildman–Crippen MR) is 96.6 cm³/mol. The van der Waals surface area contributed by atoms with Crippen molar-refractivity contribution in [3.05, 3.63) is 30.1 Å². The van der Waals surface area contributed by atoms with E-state index in [9.17, 15) is 4.79 Å². The van der Waals surface area contributed by atoms with E-state index in [1.165, 1.54) is 25.7 Å². The maximum Gasteiger partial charge on any atom is 0.230 e. The summed E-state index contributed by atoms with van der Waals surface area (Å²) in [5, 5.41) is 3.24. The van der Waals surface area contributed by atoms with E-state index < -0.39 is 0 Å². The summed E-state index contributed by atoms with van der Waals surface area (Å²) in [7, 11) is 0. The fourth-order valence-electron chi connectivity index (χ4n) is 3.21. The highest BCUT2D eigenvalue weighted by Gasteiger charge is 2.16. The van der Waals surface area contributed by atoms with Crippen LogP contribution in [-0.4, -0.2) is 28.2 Å². The summed E-state index contributed by atoms with van der Waals surface area (Å²) in [6.07, 6.45) is 6.55. The van der Waals surface area contributed by atoms with Crippen molar-refractivity contribution in [3.8, 4) is 0 Å². The number of aromatic amines is 1. The molecule has 1 unspecified atom stereocenters. The van der Waals surface area contributed by atoms with Gasteiger partial charge in [0.25, 0.3) is 0 Å². The Kier molecular flexibility index (Phi) is 5.60. The molecule has 1 aliphatic carbocycles. The van der Waals surface area contributed by atoms with Gasteiger partial charge >= 0.3 is 0 Å². The Balaban J connectivity index is 1.40. The molecule has 0 spiro atoms. The Morgan fingerprint density at radius 1 is 1.39 bits per heavy atom. The molecule has 1 aromatic heterocycles. The number of nitrogens with one attached hydrogen (secondary N) is 2. The van der Waals surface area contributed by atoms with E-state index in [1.807, 2.05) is 24.3 Å². The van der Waals surface area contributed by atoms with Crippen molar-refractivity contribution in [1.29, 1.82) is 0 Å². The van der Waals surface area contributed by atoms with Crippen LogP contribution in [-0.2, 0) is 4.79 Å². The standard InChI is InChI=1S/C18H25N3OS/c1-13(18-20-15-8-4-5-9-16(15)21-18)23-12-17(22)19-11-10-14-6-2-3-7-14/h4-5,8-9,13-14H,2-3,6-7,10-12H2,1H3,(H,19,22)(H,20,21). The highest BCUT2D eigenvalue weighted by Crippen LogP contribution is 2.28. The maximum atomic E-state index is 12.0. The lowest BCUT2D eigenvalue weighted by Crippen LogP contribution is -2.27. The van der Waals surface area contributed by atoms with E-state index in [2.05, 4.69) is 22.2 Å². The highest BCUT2D eigenvalue weighted by atomic mass is 32.2. The van der Waals surface area contributed by atoms with Crippen molar-refractivity contribution in [1.82, 2.24) is 15.3 Å². The Bertz CT molecular complexity index is 616. The van der Waals surface area contributed by atoms with E-state index in [1.54, 1.807) is 11.8 Å². The molecule has 1 fully saturated rings. The lowest BCUT2D eigenvalue weighted by atomic mass is 10.0. The summed E-state index contributed by atoms with van der Waals surface area (Å²) in [6, 6.07) is 8.02. The largest absolute Gasteiger partial charge is 0.355 e. The van der Waals surface area contributed by atoms with E-state index >= 15 is 0 Å². The number of fused-ring (bicyclic) bond motifs is 1. The second kappa shape index (κ2) is 7.86. The molecule has 1 aliphatic rings. The molecule has 1 amide bonds. The van der Waals surface area contributed by atoms with E-state index in [0.717, 1.165) is 35.7 Å². The molecule has 5 heteroatoms. The fraction of sp³-hybridized carbons (Fsp3) is 0.556. The van der Waals surface area contributed by atoms with Gasteiger partial charge in [-0.3, -0.25) is 4.79 Å². The van der Waals surface area contributed by atoms with E-state index in [-0.39, 0.29) is 11.2 Å². The van der Waals surface area contributed by atoms with Crippen LogP contribution in [0.5, 0.6) is 0 Å². The molecule has 2 N–H and O–H groups in total. The van der Waals surface area contributed by atoms with Crippen LogP contribution in [0.1, 0.15) is 50.1 Å². The molecule has 23 heavy (non-hydrogen) atoms. The number of amides is 1. The number of hydrogen-bond acceptors (Lipinski definition) is 3. The van der Waals surface area contributed by atoms with Crippen LogP contribution < -0.4 is 5.32 Å². The fourth-order valence-corrected chi connectivity index (χ4v) is 3.98. The van der Waals surface area contributed by atoms with E-state index in [0.29, 0.717) is 5.75 Å². The Hall–Kier alpha value is -1.49. The van der Waals surface area contributed by atoms with Gasteiger partial charge in [0, 0.05) is 6.54 Å². The van der Waals surface area contributed by atoms with Crippen LogP contribution in [0.3, 0.4) is 0 Å². The topological polar surface area (TPSA) is 57.8 Å². The van der Waals surface area contributed by atoms with Crippen molar-refractivity contribution in [2.45, 2.75) is 44.3 Å². The smallest absolute Gasteiger partial charge is 0.230 e. The molecule has 1 aromatic carbocycles. The lowest BCUT2D eigenvalue weighted by molar-refractivity contribution is -0.118. The number of hydrogen-bond donors (Lipinski definition) is 2. The first-order valence-electron chi connectivity index (χ1n) is 8.55. The van der Waals surface area contributed by atoms with Gasteiger partial charge in [0.15, 0.2) is 0 Å². The molecule has 1 saturated carbocycles. The SMILES string of the molecule is CC(SCC(=O)NCCC1CCCC1)c1nc2ccccc2[nH]1. The number of nitrogens with zero attached hydrogens (tertiary/aromatic N) is 1. The maximum absolute atomic E-state index is 12.0. The normalized spacial score (nSPS) is 16.7. The molecule has 0 bridgehead atoms. The average molecular weight is 331 g/mol. The Morgan fingerprint density at radius 3 is 2.96 bits per heavy atom. The monoisotopic (exact) mass is 331 g/mol. The van der Waals surface area contributed by atoms with Gasteiger partial charge in [0.1, 0.15) is 5.82 Å². The minimum Gasteiger partial charge on any atom is -0.355 e. The van der Waals surface area contributed by atoms with Gasteiger partial charge in [0.2, 0.25) is 5.91 Å². The van der Waals surface area contributed by atoms with Gasteiger partial charge in [-0.15, -0.1) is 11.8 Å². The zero-order chi connectivity index (χ0) is 16.1. The summed E-state index contributed by atoms with van der Waals surface area (Å²) in [5.74, 6) is 2.39. The van der Waals surface area contributed by atoms with Crippen molar-refractivity contribution in [2.75, 3.05) is 12.3 Å². The summed E-state index contributed by atoms with van der Waals surface area (Å²) >= 11 is 1.63. The van der Waals surface area contributed by atoms with Gasteiger partial charge in [0.05, 0.1) is 22.0 Å². The van der Waals surface area contributed by atoms with Crippen LogP contribution in [0.25, 0.3) is 11.0 Å². The van der Waals surface area contributed by atoms with Gasteiger partial charge in [-0.05, 0) is 31.4 Å². The Labute approximate surface area is 141 Å². The van der Waals surface area contributed by atoms with Gasteiger partial charge in [-0.1, -0.05) is 37.8 Å². The first-order chi connectivity index (χ1) is 11.2. The van der Waals surface area contributed by atoms with Gasteiger partial charge in [-0.2, -0.15) is 0 Å².